The molecule has 0 aliphatic heterocycles. The van der Waals surface area contributed by atoms with Gasteiger partial charge in [0.15, 0.2) is 0 Å². The van der Waals surface area contributed by atoms with E-state index >= 15 is 0 Å². The van der Waals surface area contributed by atoms with Crippen molar-refractivity contribution in [2.45, 2.75) is 45.6 Å². The summed E-state index contributed by atoms with van der Waals surface area (Å²) in [5.41, 5.74) is 5.61. The second-order valence-electron chi connectivity index (χ2n) is 7.62. The number of nitrogens with zero attached hydrogens (tertiary/aromatic N) is 1. The van der Waals surface area contributed by atoms with Crippen LogP contribution in [-0.4, -0.2) is 36.3 Å². The molecule has 148 valence electrons. The number of likely N-dealkylation sites (N-methyl/N-ethyl adjacent to an activating group) is 1. The quantitative estimate of drug-likeness (QED) is 0.803. The van der Waals surface area contributed by atoms with E-state index in [1.165, 1.54) is 28.9 Å². The maximum absolute atomic E-state index is 12.7. The Bertz CT molecular complexity index is 845. The average molecular weight is 380 g/mol. The van der Waals surface area contributed by atoms with Crippen LogP contribution in [0.3, 0.4) is 0 Å². The number of nitrogens with one attached hydrogen (secondary N) is 2. The van der Waals surface area contributed by atoms with E-state index in [-0.39, 0.29) is 18.4 Å². The molecule has 2 N–H and O–H groups in total. The van der Waals surface area contributed by atoms with Crippen molar-refractivity contribution in [1.29, 1.82) is 0 Å². The van der Waals surface area contributed by atoms with Crippen LogP contribution in [0, 0.1) is 6.92 Å². The van der Waals surface area contributed by atoms with Gasteiger partial charge in [-0.1, -0.05) is 29.8 Å². The number of hydrogen-bond acceptors (Lipinski definition) is 3. The molecule has 5 nitrogen and oxygen atoms in total. The Morgan fingerprint density at radius 1 is 1.07 bits per heavy atom. The number of carbonyl (C=O) groups is 2. The molecule has 2 aromatic carbocycles. The first-order chi connectivity index (χ1) is 13.4. The normalized spacial score (nSPS) is 14.0. The zero-order valence-corrected chi connectivity index (χ0v) is 16.9. The summed E-state index contributed by atoms with van der Waals surface area (Å²) < 4.78 is 0. The summed E-state index contributed by atoms with van der Waals surface area (Å²) in [6, 6.07) is 13.5. The molecule has 2 amide bonds. The third kappa shape index (κ3) is 4.91. The lowest BCUT2D eigenvalue weighted by Gasteiger charge is -2.25. The summed E-state index contributed by atoms with van der Waals surface area (Å²) in [5.74, 6) is -0.309. The molecular formula is C23H29N3O2. The molecule has 0 bridgehead atoms. The van der Waals surface area contributed by atoms with E-state index in [1.54, 1.807) is 7.05 Å². The number of aryl methyl sites for hydroxylation is 2. The van der Waals surface area contributed by atoms with Gasteiger partial charge in [0, 0.05) is 18.4 Å². The maximum Gasteiger partial charge on any atom is 0.244 e. The molecular weight excluding hydrogens is 350 g/mol. The van der Waals surface area contributed by atoms with Gasteiger partial charge in [-0.25, -0.2) is 0 Å². The van der Waals surface area contributed by atoms with Crippen molar-refractivity contribution in [3.63, 3.8) is 0 Å². The first-order valence-corrected chi connectivity index (χ1v) is 9.93. The second-order valence-corrected chi connectivity index (χ2v) is 7.62. The second kappa shape index (κ2) is 8.91. The highest BCUT2D eigenvalue weighted by Gasteiger charge is 2.21. The monoisotopic (exact) mass is 379 g/mol. The van der Waals surface area contributed by atoms with Crippen molar-refractivity contribution >= 4 is 23.2 Å². The van der Waals surface area contributed by atoms with Crippen molar-refractivity contribution in [2.24, 2.45) is 0 Å². The van der Waals surface area contributed by atoms with Crippen molar-refractivity contribution in [1.82, 2.24) is 4.90 Å². The maximum atomic E-state index is 12.7. The predicted octanol–water partition coefficient (Wildman–Crippen LogP) is 3.77. The lowest BCUT2D eigenvalue weighted by molar-refractivity contribution is -0.133. The Kier molecular flexibility index (Phi) is 6.34. The standard InChI is InChI=1S/C23H29N3O2/c1-16-11-13-19(14-12-16)25-22(27)15-26(3)23(28)17(2)24-21-10-6-8-18-7-4-5-9-20(18)21/h6,8,10-14,17,24H,4-5,7,9,15H2,1-3H3,(H,25,27). The first kappa shape index (κ1) is 19.9. The van der Waals surface area contributed by atoms with E-state index in [2.05, 4.69) is 16.7 Å². The van der Waals surface area contributed by atoms with Gasteiger partial charge >= 0.3 is 0 Å². The Morgan fingerprint density at radius 2 is 1.79 bits per heavy atom. The van der Waals surface area contributed by atoms with Crippen LogP contribution in [-0.2, 0) is 22.4 Å². The van der Waals surface area contributed by atoms with Crippen LogP contribution in [0.2, 0.25) is 0 Å². The minimum Gasteiger partial charge on any atom is -0.374 e. The highest BCUT2D eigenvalue weighted by molar-refractivity contribution is 5.95. The van der Waals surface area contributed by atoms with E-state index in [1.807, 2.05) is 50.2 Å². The van der Waals surface area contributed by atoms with Crippen LogP contribution >= 0.6 is 0 Å². The summed E-state index contributed by atoms with van der Waals surface area (Å²) in [5, 5.41) is 6.19. The zero-order valence-electron chi connectivity index (χ0n) is 16.9. The van der Waals surface area contributed by atoms with Crippen molar-refractivity contribution in [2.75, 3.05) is 24.2 Å². The molecule has 28 heavy (non-hydrogen) atoms. The first-order valence-electron chi connectivity index (χ1n) is 9.93. The van der Waals surface area contributed by atoms with Gasteiger partial charge in [0.2, 0.25) is 11.8 Å². The Balaban J connectivity index is 1.57. The zero-order chi connectivity index (χ0) is 20.1. The number of amides is 2. The van der Waals surface area contributed by atoms with E-state index < -0.39 is 6.04 Å². The summed E-state index contributed by atoms with van der Waals surface area (Å²) in [7, 11) is 1.66. The minimum atomic E-state index is -0.398. The molecule has 0 fully saturated rings. The van der Waals surface area contributed by atoms with Gasteiger partial charge in [-0.3, -0.25) is 9.59 Å². The van der Waals surface area contributed by atoms with Crippen LogP contribution in [0.4, 0.5) is 11.4 Å². The van der Waals surface area contributed by atoms with E-state index in [0.717, 1.165) is 29.8 Å². The van der Waals surface area contributed by atoms with Gasteiger partial charge in [0.25, 0.3) is 0 Å². The van der Waals surface area contributed by atoms with Crippen LogP contribution in [0.25, 0.3) is 0 Å². The summed E-state index contributed by atoms with van der Waals surface area (Å²) in [4.78, 5) is 26.5. The third-order valence-electron chi connectivity index (χ3n) is 5.23. The summed E-state index contributed by atoms with van der Waals surface area (Å²) in [6.45, 7) is 3.86. The molecule has 0 saturated carbocycles. The summed E-state index contributed by atoms with van der Waals surface area (Å²) >= 11 is 0. The van der Waals surface area contributed by atoms with Gasteiger partial charge in [-0.15, -0.1) is 0 Å². The smallest absolute Gasteiger partial charge is 0.244 e. The van der Waals surface area contributed by atoms with Crippen LogP contribution in [0.1, 0.15) is 36.5 Å². The Morgan fingerprint density at radius 3 is 2.54 bits per heavy atom. The average Bonchev–Trinajstić information content (AvgIpc) is 2.69. The SMILES string of the molecule is Cc1ccc(NC(=O)CN(C)C(=O)C(C)Nc2cccc3c2CCCC3)cc1. The fraction of sp³-hybridized carbons (Fsp3) is 0.391. The number of benzene rings is 2. The largest absolute Gasteiger partial charge is 0.374 e. The molecule has 0 heterocycles. The van der Waals surface area contributed by atoms with Crippen LogP contribution < -0.4 is 10.6 Å². The summed E-state index contributed by atoms with van der Waals surface area (Å²) in [6.07, 6.45) is 4.57. The number of fused-ring (bicyclic) bond motifs is 1. The van der Waals surface area contributed by atoms with Crippen molar-refractivity contribution in [3.05, 3.63) is 59.2 Å². The molecule has 1 aliphatic carbocycles. The molecule has 1 aliphatic rings. The topological polar surface area (TPSA) is 61.4 Å². The lowest BCUT2D eigenvalue weighted by Crippen LogP contribution is -2.42. The number of carbonyl (C=O) groups excluding carboxylic acids is 2. The van der Waals surface area contributed by atoms with Gasteiger partial charge < -0.3 is 15.5 Å². The molecule has 0 radical (unpaired) electrons. The minimum absolute atomic E-state index is 0.0195. The Labute approximate surface area is 167 Å². The van der Waals surface area contributed by atoms with Crippen molar-refractivity contribution < 1.29 is 9.59 Å². The molecule has 0 aromatic heterocycles. The number of rotatable bonds is 6. The van der Waals surface area contributed by atoms with Gasteiger partial charge in [-0.05, 0) is 68.9 Å². The van der Waals surface area contributed by atoms with Gasteiger partial charge in [0.05, 0.1) is 6.54 Å². The van der Waals surface area contributed by atoms with Gasteiger partial charge in [-0.2, -0.15) is 0 Å². The van der Waals surface area contributed by atoms with Crippen LogP contribution in [0.5, 0.6) is 0 Å². The van der Waals surface area contributed by atoms with E-state index in [9.17, 15) is 9.59 Å². The molecule has 1 atom stereocenters. The Hall–Kier alpha value is -2.82. The van der Waals surface area contributed by atoms with Crippen molar-refractivity contribution in [3.8, 4) is 0 Å². The molecule has 0 saturated heterocycles. The fourth-order valence-corrected chi connectivity index (χ4v) is 3.67. The van der Waals surface area contributed by atoms with E-state index in [0.29, 0.717) is 0 Å². The highest BCUT2D eigenvalue weighted by atomic mass is 16.2. The van der Waals surface area contributed by atoms with Gasteiger partial charge in [0.1, 0.15) is 6.04 Å². The molecule has 0 spiro atoms. The molecule has 2 aromatic rings. The third-order valence-corrected chi connectivity index (χ3v) is 5.23. The van der Waals surface area contributed by atoms with Crippen LogP contribution in [0.15, 0.2) is 42.5 Å². The molecule has 5 heteroatoms. The molecule has 3 rings (SSSR count). The highest BCUT2D eigenvalue weighted by Crippen LogP contribution is 2.28. The fourth-order valence-electron chi connectivity index (χ4n) is 3.67. The number of hydrogen-bond donors (Lipinski definition) is 2. The lowest BCUT2D eigenvalue weighted by atomic mass is 9.90. The number of anilines is 2. The van der Waals surface area contributed by atoms with E-state index in [4.69, 9.17) is 0 Å². The predicted molar refractivity (Wildman–Crippen MR) is 114 cm³/mol. The molecule has 1 unspecified atom stereocenters.